The van der Waals surface area contributed by atoms with Gasteiger partial charge in [0.15, 0.2) is 0 Å². The minimum absolute atomic E-state index is 0.0695. The molecule has 142 valence electrons. The number of piperidine rings is 1. The first kappa shape index (κ1) is 18.4. The summed E-state index contributed by atoms with van der Waals surface area (Å²) < 4.78 is 0. The number of carbonyl (C=O) groups is 1. The summed E-state index contributed by atoms with van der Waals surface area (Å²) in [6.07, 6.45) is 4.02. The zero-order valence-electron chi connectivity index (χ0n) is 16.4. The average molecular weight is 371 g/mol. The fraction of sp³-hybridized carbons (Fsp3) is 0.292. The minimum atomic E-state index is -0.0695. The van der Waals surface area contributed by atoms with E-state index in [1.54, 1.807) is 18.3 Å². The zero-order chi connectivity index (χ0) is 19.5. The molecule has 1 saturated heterocycles. The Morgan fingerprint density at radius 2 is 1.89 bits per heavy atom. The van der Waals surface area contributed by atoms with Crippen LogP contribution in [0.25, 0.3) is 0 Å². The Bertz CT molecular complexity index is 998. The third-order valence-electron chi connectivity index (χ3n) is 5.59. The summed E-state index contributed by atoms with van der Waals surface area (Å²) in [6.45, 7) is 5.94. The Balaban J connectivity index is 1.58. The highest BCUT2D eigenvalue weighted by Crippen LogP contribution is 2.31. The first-order chi connectivity index (χ1) is 13.6. The Morgan fingerprint density at radius 3 is 2.71 bits per heavy atom. The van der Waals surface area contributed by atoms with Crippen molar-refractivity contribution in [3.63, 3.8) is 0 Å². The summed E-state index contributed by atoms with van der Waals surface area (Å²) in [5.41, 5.74) is 4.59. The molecule has 2 aromatic heterocycles. The van der Waals surface area contributed by atoms with Crippen molar-refractivity contribution in [1.29, 1.82) is 0 Å². The van der Waals surface area contributed by atoms with E-state index in [9.17, 15) is 4.79 Å². The molecule has 0 aliphatic carbocycles. The van der Waals surface area contributed by atoms with E-state index < -0.39 is 0 Å². The summed E-state index contributed by atoms with van der Waals surface area (Å²) in [5.74, 6) is 1.31. The summed E-state index contributed by atoms with van der Waals surface area (Å²) in [7, 11) is 0. The van der Waals surface area contributed by atoms with Crippen molar-refractivity contribution in [1.82, 2.24) is 9.97 Å². The van der Waals surface area contributed by atoms with Gasteiger partial charge in [-0.2, -0.15) is 0 Å². The molecule has 0 radical (unpaired) electrons. The highest BCUT2D eigenvalue weighted by atomic mass is 16.1. The number of aryl methyl sites for hydroxylation is 2. The van der Waals surface area contributed by atoms with Gasteiger partial charge in [-0.05, 0) is 62.1 Å². The van der Waals surface area contributed by atoms with Crippen molar-refractivity contribution < 1.29 is 4.79 Å². The lowest BCUT2D eigenvalue weighted by Gasteiger charge is -2.34. The zero-order valence-corrected chi connectivity index (χ0v) is 16.4. The smallest absolute Gasteiger partial charge is 0.213 e. The van der Waals surface area contributed by atoms with E-state index in [2.05, 4.69) is 41.1 Å². The van der Waals surface area contributed by atoms with Crippen molar-refractivity contribution in [3.8, 4) is 0 Å². The van der Waals surface area contributed by atoms with Gasteiger partial charge >= 0.3 is 0 Å². The van der Waals surface area contributed by atoms with Crippen molar-refractivity contribution in [2.75, 3.05) is 18.0 Å². The third kappa shape index (κ3) is 3.68. The van der Waals surface area contributed by atoms with Crippen molar-refractivity contribution >= 4 is 11.6 Å². The number of pyridine rings is 2. The molecule has 0 N–H and O–H groups in total. The second-order valence-electron chi connectivity index (χ2n) is 7.49. The van der Waals surface area contributed by atoms with E-state index in [-0.39, 0.29) is 5.78 Å². The number of aromatic nitrogens is 2. The number of rotatable bonds is 4. The molecule has 4 heteroatoms. The normalized spacial score (nSPS) is 16.8. The third-order valence-corrected chi connectivity index (χ3v) is 5.59. The molecule has 3 heterocycles. The van der Waals surface area contributed by atoms with Crippen LogP contribution < -0.4 is 4.90 Å². The number of hydrogen-bond donors (Lipinski definition) is 0. The van der Waals surface area contributed by atoms with Gasteiger partial charge in [0, 0.05) is 36.5 Å². The molecule has 4 nitrogen and oxygen atoms in total. The molecule has 0 bridgehead atoms. The lowest BCUT2D eigenvalue weighted by molar-refractivity contribution is 0.103. The fourth-order valence-corrected chi connectivity index (χ4v) is 4.07. The molecular weight excluding hydrogens is 346 g/mol. The highest BCUT2D eigenvalue weighted by molar-refractivity contribution is 6.08. The van der Waals surface area contributed by atoms with Gasteiger partial charge in [-0.1, -0.05) is 30.3 Å². The van der Waals surface area contributed by atoms with Gasteiger partial charge in [-0.3, -0.25) is 9.78 Å². The van der Waals surface area contributed by atoms with Gasteiger partial charge in [0.05, 0.1) is 0 Å². The van der Waals surface area contributed by atoms with Crippen LogP contribution >= 0.6 is 0 Å². The Morgan fingerprint density at radius 1 is 1.04 bits per heavy atom. The predicted molar refractivity (Wildman–Crippen MR) is 112 cm³/mol. The first-order valence-corrected chi connectivity index (χ1v) is 9.87. The van der Waals surface area contributed by atoms with Gasteiger partial charge in [0.2, 0.25) is 5.78 Å². The van der Waals surface area contributed by atoms with E-state index >= 15 is 0 Å². The van der Waals surface area contributed by atoms with E-state index in [0.717, 1.165) is 31.0 Å². The van der Waals surface area contributed by atoms with Crippen LogP contribution in [0.1, 0.15) is 51.6 Å². The lowest BCUT2D eigenvalue weighted by atomic mass is 9.88. The molecule has 1 aliphatic heterocycles. The molecule has 0 saturated carbocycles. The molecule has 1 aliphatic rings. The van der Waals surface area contributed by atoms with Crippen LogP contribution in [0.4, 0.5) is 5.82 Å². The molecule has 0 spiro atoms. The van der Waals surface area contributed by atoms with Crippen LogP contribution in [-0.4, -0.2) is 28.8 Å². The molecule has 1 unspecified atom stereocenters. The van der Waals surface area contributed by atoms with Gasteiger partial charge in [0.1, 0.15) is 11.5 Å². The van der Waals surface area contributed by atoms with Gasteiger partial charge in [-0.25, -0.2) is 4.98 Å². The maximum atomic E-state index is 12.9. The Kier molecular flexibility index (Phi) is 5.20. The largest absolute Gasteiger partial charge is 0.356 e. The fourth-order valence-electron chi connectivity index (χ4n) is 4.07. The highest BCUT2D eigenvalue weighted by Gasteiger charge is 2.24. The lowest BCUT2D eigenvalue weighted by Crippen LogP contribution is -2.35. The van der Waals surface area contributed by atoms with Crippen LogP contribution in [0.2, 0.25) is 0 Å². The maximum absolute atomic E-state index is 12.9. The number of anilines is 1. The van der Waals surface area contributed by atoms with Crippen LogP contribution in [0, 0.1) is 13.8 Å². The molecule has 3 aromatic rings. The quantitative estimate of drug-likeness (QED) is 0.623. The summed E-state index contributed by atoms with van der Waals surface area (Å²) in [5, 5.41) is 0. The Hall–Kier alpha value is -3.01. The number of carbonyl (C=O) groups excluding carboxylic acids is 1. The van der Waals surface area contributed by atoms with Crippen LogP contribution in [-0.2, 0) is 0 Å². The van der Waals surface area contributed by atoms with Crippen LogP contribution in [0.3, 0.4) is 0 Å². The molecule has 1 aromatic carbocycles. The monoisotopic (exact) mass is 371 g/mol. The summed E-state index contributed by atoms with van der Waals surface area (Å²) in [4.78, 5) is 24.2. The first-order valence-electron chi connectivity index (χ1n) is 9.87. The van der Waals surface area contributed by atoms with Gasteiger partial charge in [0.25, 0.3) is 0 Å². The number of hydrogen-bond acceptors (Lipinski definition) is 4. The van der Waals surface area contributed by atoms with E-state index in [1.807, 2.05) is 25.1 Å². The number of benzene rings is 1. The predicted octanol–water partition coefficient (Wildman–Crippen LogP) is 4.71. The van der Waals surface area contributed by atoms with E-state index in [1.165, 1.54) is 17.5 Å². The molecule has 1 atom stereocenters. The SMILES string of the molecule is Cc1ccccc1C1CCCN(c2cccc(C(=O)c3cccnc3C)n2)C1. The topological polar surface area (TPSA) is 46.1 Å². The number of ketones is 1. The van der Waals surface area contributed by atoms with Crippen LogP contribution in [0.15, 0.2) is 60.8 Å². The van der Waals surface area contributed by atoms with E-state index in [4.69, 9.17) is 4.98 Å². The standard InChI is InChI=1S/C24H25N3O/c1-17-8-3-4-10-20(17)19-9-7-15-27(16-19)23-13-5-12-22(26-23)24(28)21-11-6-14-25-18(21)2/h3-6,8,10-14,19H,7,9,15-16H2,1-2H3. The number of nitrogens with zero attached hydrogens (tertiary/aromatic N) is 3. The molecule has 28 heavy (non-hydrogen) atoms. The van der Waals surface area contributed by atoms with Crippen molar-refractivity contribution in [2.24, 2.45) is 0 Å². The van der Waals surface area contributed by atoms with Crippen molar-refractivity contribution in [2.45, 2.75) is 32.6 Å². The molecular formula is C24H25N3O. The average Bonchev–Trinajstić information content (AvgIpc) is 2.74. The second-order valence-corrected chi connectivity index (χ2v) is 7.49. The van der Waals surface area contributed by atoms with Crippen LogP contribution in [0.5, 0.6) is 0 Å². The summed E-state index contributed by atoms with van der Waals surface area (Å²) >= 11 is 0. The summed E-state index contributed by atoms with van der Waals surface area (Å²) in [6, 6.07) is 18.0. The van der Waals surface area contributed by atoms with E-state index in [0.29, 0.717) is 17.2 Å². The van der Waals surface area contributed by atoms with Gasteiger partial charge in [-0.15, -0.1) is 0 Å². The van der Waals surface area contributed by atoms with Gasteiger partial charge < -0.3 is 4.90 Å². The molecule has 0 amide bonds. The van der Waals surface area contributed by atoms with Crippen molar-refractivity contribution in [3.05, 3.63) is 88.9 Å². The second kappa shape index (κ2) is 7.93. The molecule has 1 fully saturated rings. The maximum Gasteiger partial charge on any atom is 0.213 e. The Labute approximate surface area is 166 Å². The minimum Gasteiger partial charge on any atom is -0.356 e. The molecule has 4 rings (SSSR count).